The zero-order chi connectivity index (χ0) is 11.5. The number of ether oxygens (including phenoxy) is 1. The zero-order valence-corrected chi connectivity index (χ0v) is 10.8. The summed E-state index contributed by atoms with van der Waals surface area (Å²) in [4.78, 5) is 16.7. The SMILES string of the molecule is COc1cncc(C(=O)c2sccc2Br)c1. The topological polar surface area (TPSA) is 39.2 Å². The van der Waals surface area contributed by atoms with E-state index in [9.17, 15) is 4.79 Å². The first kappa shape index (κ1) is 11.3. The second kappa shape index (κ2) is 4.76. The zero-order valence-electron chi connectivity index (χ0n) is 8.44. The molecule has 82 valence electrons. The van der Waals surface area contributed by atoms with Crippen molar-refractivity contribution in [3.63, 3.8) is 0 Å². The lowest BCUT2D eigenvalue weighted by atomic mass is 10.1. The average Bonchev–Trinajstić information content (AvgIpc) is 2.74. The van der Waals surface area contributed by atoms with Crippen molar-refractivity contribution < 1.29 is 9.53 Å². The smallest absolute Gasteiger partial charge is 0.205 e. The molecule has 0 aromatic carbocycles. The van der Waals surface area contributed by atoms with Crippen LogP contribution in [0.25, 0.3) is 0 Å². The van der Waals surface area contributed by atoms with Gasteiger partial charge in [0.25, 0.3) is 0 Å². The van der Waals surface area contributed by atoms with Gasteiger partial charge < -0.3 is 4.74 Å². The molecule has 0 atom stereocenters. The molecule has 0 N–H and O–H groups in total. The Morgan fingerprint density at radius 2 is 2.31 bits per heavy atom. The lowest BCUT2D eigenvalue weighted by Gasteiger charge is -2.02. The minimum Gasteiger partial charge on any atom is -0.495 e. The van der Waals surface area contributed by atoms with Crippen molar-refractivity contribution in [3.05, 3.63) is 44.8 Å². The molecular weight excluding hydrogens is 290 g/mol. The van der Waals surface area contributed by atoms with E-state index in [0.29, 0.717) is 16.2 Å². The van der Waals surface area contributed by atoms with Crippen LogP contribution < -0.4 is 4.74 Å². The van der Waals surface area contributed by atoms with Crippen LogP contribution in [-0.2, 0) is 0 Å². The maximum Gasteiger partial charge on any atom is 0.205 e. The third-order valence-corrected chi connectivity index (χ3v) is 3.87. The number of ketones is 1. The number of rotatable bonds is 3. The molecular formula is C11H8BrNO2S. The lowest BCUT2D eigenvalue weighted by molar-refractivity contribution is 0.104. The van der Waals surface area contributed by atoms with E-state index >= 15 is 0 Å². The van der Waals surface area contributed by atoms with Crippen LogP contribution in [0.5, 0.6) is 5.75 Å². The van der Waals surface area contributed by atoms with Crippen molar-refractivity contribution in [1.29, 1.82) is 0 Å². The average molecular weight is 298 g/mol. The summed E-state index contributed by atoms with van der Waals surface area (Å²) in [6, 6.07) is 3.53. The molecule has 0 aliphatic carbocycles. The van der Waals surface area contributed by atoms with Crippen LogP contribution in [0.1, 0.15) is 15.2 Å². The van der Waals surface area contributed by atoms with Crippen LogP contribution >= 0.6 is 27.3 Å². The highest BCUT2D eigenvalue weighted by molar-refractivity contribution is 9.10. The molecule has 0 radical (unpaired) electrons. The van der Waals surface area contributed by atoms with E-state index in [4.69, 9.17) is 4.74 Å². The van der Waals surface area contributed by atoms with Gasteiger partial charge in [-0.15, -0.1) is 11.3 Å². The van der Waals surface area contributed by atoms with E-state index in [-0.39, 0.29) is 5.78 Å². The van der Waals surface area contributed by atoms with Gasteiger partial charge in [-0.1, -0.05) is 0 Å². The molecule has 2 rings (SSSR count). The van der Waals surface area contributed by atoms with Gasteiger partial charge in [-0.2, -0.15) is 0 Å². The summed E-state index contributed by atoms with van der Waals surface area (Å²) in [6.45, 7) is 0. The van der Waals surface area contributed by atoms with Gasteiger partial charge >= 0.3 is 0 Å². The largest absolute Gasteiger partial charge is 0.495 e. The first-order valence-electron chi connectivity index (χ1n) is 4.49. The predicted octanol–water partition coefficient (Wildman–Crippen LogP) is 3.15. The maximum atomic E-state index is 12.1. The highest BCUT2D eigenvalue weighted by Crippen LogP contribution is 2.26. The summed E-state index contributed by atoms with van der Waals surface area (Å²) in [5.41, 5.74) is 0.530. The minimum absolute atomic E-state index is 0.0479. The molecule has 0 saturated carbocycles. The van der Waals surface area contributed by atoms with Gasteiger partial charge in [-0.25, -0.2) is 0 Å². The van der Waals surface area contributed by atoms with Gasteiger partial charge in [0.1, 0.15) is 5.75 Å². The van der Waals surface area contributed by atoms with Crippen LogP contribution in [-0.4, -0.2) is 17.9 Å². The molecule has 3 nitrogen and oxygen atoms in total. The number of pyridine rings is 1. The number of nitrogens with zero attached hydrogens (tertiary/aromatic N) is 1. The number of methoxy groups -OCH3 is 1. The quantitative estimate of drug-likeness (QED) is 0.817. The Morgan fingerprint density at radius 3 is 2.94 bits per heavy atom. The van der Waals surface area contributed by atoms with Crippen molar-refractivity contribution in [2.24, 2.45) is 0 Å². The van der Waals surface area contributed by atoms with Crippen molar-refractivity contribution in [2.75, 3.05) is 7.11 Å². The van der Waals surface area contributed by atoms with E-state index < -0.39 is 0 Å². The van der Waals surface area contributed by atoms with Gasteiger partial charge in [0.2, 0.25) is 5.78 Å². The van der Waals surface area contributed by atoms with Gasteiger partial charge in [0.15, 0.2) is 0 Å². The fourth-order valence-corrected chi connectivity index (χ4v) is 2.75. The Kier molecular flexibility index (Phi) is 3.36. The third-order valence-electron chi connectivity index (χ3n) is 2.03. The number of thiophene rings is 1. The normalized spacial score (nSPS) is 10.1. The van der Waals surface area contributed by atoms with Crippen LogP contribution in [0.3, 0.4) is 0 Å². The van der Waals surface area contributed by atoms with E-state index in [1.807, 2.05) is 11.4 Å². The summed E-state index contributed by atoms with van der Waals surface area (Å²) in [7, 11) is 1.55. The Morgan fingerprint density at radius 1 is 1.50 bits per heavy atom. The third kappa shape index (κ3) is 2.15. The van der Waals surface area contributed by atoms with Crippen LogP contribution in [0.4, 0.5) is 0 Å². The van der Waals surface area contributed by atoms with E-state index in [2.05, 4.69) is 20.9 Å². The number of halogens is 1. The standard InChI is InChI=1S/C11H8BrNO2S/c1-15-8-4-7(5-13-6-8)10(14)11-9(12)2-3-16-11/h2-6H,1H3. The fourth-order valence-electron chi connectivity index (χ4n) is 1.24. The molecule has 0 spiro atoms. The monoisotopic (exact) mass is 297 g/mol. The van der Waals surface area contributed by atoms with Gasteiger partial charge in [-0.05, 0) is 33.4 Å². The van der Waals surface area contributed by atoms with Crippen molar-refractivity contribution >= 4 is 33.0 Å². The lowest BCUT2D eigenvalue weighted by Crippen LogP contribution is -2.00. The van der Waals surface area contributed by atoms with Crippen LogP contribution in [0.15, 0.2) is 34.4 Å². The summed E-state index contributed by atoms with van der Waals surface area (Å²) < 4.78 is 5.84. The molecule has 0 unspecified atom stereocenters. The Bertz CT molecular complexity index is 524. The molecule has 5 heteroatoms. The Hall–Kier alpha value is -1.20. The van der Waals surface area contributed by atoms with E-state index in [1.54, 1.807) is 19.4 Å². The molecule has 0 aliphatic heterocycles. The number of aromatic nitrogens is 1. The Labute approximate surface area is 105 Å². The van der Waals surface area contributed by atoms with Crippen LogP contribution in [0.2, 0.25) is 0 Å². The molecule has 0 aliphatic rings. The van der Waals surface area contributed by atoms with E-state index in [0.717, 1.165) is 4.47 Å². The van der Waals surface area contributed by atoms with Crippen molar-refractivity contribution in [2.45, 2.75) is 0 Å². The molecule has 16 heavy (non-hydrogen) atoms. The second-order valence-electron chi connectivity index (χ2n) is 3.04. The van der Waals surface area contributed by atoms with Gasteiger partial charge in [0.05, 0.1) is 18.2 Å². The summed E-state index contributed by atoms with van der Waals surface area (Å²) in [6.07, 6.45) is 3.11. The minimum atomic E-state index is -0.0479. The van der Waals surface area contributed by atoms with Crippen LogP contribution in [0, 0.1) is 0 Å². The van der Waals surface area contributed by atoms with Crippen molar-refractivity contribution in [1.82, 2.24) is 4.98 Å². The molecule has 2 aromatic heterocycles. The van der Waals surface area contributed by atoms with E-state index in [1.165, 1.54) is 17.5 Å². The number of hydrogen-bond acceptors (Lipinski definition) is 4. The maximum absolute atomic E-state index is 12.1. The molecule has 0 bridgehead atoms. The highest BCUT2D eigenvalue weighted by atomic mass is 79.9. The molecule has 0 fully saturated rings. The molecule has 2 aromatic rings. The number of carbonyl (C=O) groups excluding carboxylic acids is 1. The van der Waals surface area contributed by atoms with Gasteiger partial charge in [0, 0.05) is 16.2 Å². The molecule has 0 saturated heterocycles. The summed E-state index contributed by atoms with van der Waals surface area (Å²) in [5.74, 6) is 0.534. The first-order valence-corrected chi connectivity index (χ1v) is 6.16. The fraction of sp³-hybridized carbons (Fsp3) is 0.0909. The number of carbonyl (C=O) groups is 1. The molecule has 2 heterocycles. The predicted molar refractivity (Wildman–Crippen MR) is 66.2 cm³/mol. The molecule has 0 amide bonds. The number of hydrogen-bond donors (Lipinski definition) is 0. The Balaban J connectivity index is 2.38. The first-order chi connectivity index (χ1) is 7.72. The summed E-state index contributed by atoms with van der Waals surface area (Å²) in [5, 5.41) is 1.87. The second-order valence-corrected chi connectivity index (χ2v) is 4.81. The van der Waals surface area contributed by atoms with Crippen molar-refractivity contribution in [3.8, 4) is 5.75 Å². The van der Waals surface area contributed by atoms with Gasteiger partial charge in [-0.3, -0.25) is 9.78 Å². The highest BCUT2D eigenvalue weighted by Gasteiger charge is 2.14. The summed E-state index contributed by atoms with van der Waals surface area (Å²) >= 11 is 4.74.